The van der Waals surface area contributed by atoms with Crippen LogP contribution in [0.15, 0.2) is 67.5 Å². The number of aryl methyl sites for hydroxylation is 1. The number of hydrogen-bond acceptors (Lipinski definition) is 8. The minimum atomic E-state index is -1.12. The van der Waals surface area contributed by atoms with Gasteiger partial charge in [-0.15, -0.1) is 0 Å². The van der Waals surface area contributed by atoms with Gasteiger partial charge in [0.1, 0.15) is 11.9 Å². The first-order chi connectivity index (χ1) is 19.9. The summed E-state index contributed by atoms with van der Waals surface area (Å²) in [4.78, 5) is 13.6. The number of anilines is 1. The van der Waals surface area contributed by atoms with Crippen molar-refractivity contribution in [2.45, 2.75) is 23.8 Å². The van der Waals surface area contributed by atoms with Gasteiger partial charge in [-0.2, -0.15) is 15.5 Å². The predicted octanol–water partition coefficient (Wildman–Crippen LogP) is 2.48. The molecular weight excluding hydrogens is 512 g/mol. The number of aromatic nitrogens is 6. The van der Waals surface area contributed by atoms with Gasteiger partial charge in [-0.25, -0.2) is 14.5 Å². The molecule has 2 unspecified atom stereocenters. The lowest BCUT2D eigenvalue weighted by Crippen LogP contribution is -2.74. The van der Waals surface area contributed by atoms with Gasteiger partial charge in [-0.05, 0) is 35.5 Å². The van der Waals surface area contributed by atoms with Crippen molar-refractivity contribution in [2.75, 3.05) is 25.1 Å². The van der Waals surface area contributed by atoms with Crippen LogP contribution in [0.3, 0.4) is 0 Å². The number of piperazine rings is 1. The summed E-state index contributed by atoms with van der Waals surface area (Å²) in [6, 6.07) is 12.5. The maximum Gasteiger partial charge on any atom is 0.212 e. The average Bonchev–Trinajstić information content (AvgIpc) is 3.62. The largest absolute Gasteiger partial charge is 0.481 e. The van der Waals surface area contributed by atoms with Crippen molar-refractivity contribution in [3.05, 3.63) is 78.6 Å². The number of nitriles is 1. The van der Waals surface area contributed by atoms with Crippen molar-refractivity contribution < 1.29 is 4.74 Å². The Labute approximate surface area is 240 Å². The average molecular weight is 537 g/mol. The third-order valence-electron chi connectivity index (χ3n) is 8.18. The zero-order valence-electron chi connectivity index (χ0n) is 22.7. The van der Waals surface area contributed by atoms with Crippen LogP contribution < -0.4 is 9.64 Å². The molecule has 0 saturated carbocycles. The zero-order valence-corrected chi connectivity index (χ0v) is 22.7. The van der Waals surface area contributed by atoms with Crippen LogP contribution in [-0.4, -0.2) is 82.2 Å². The lowest BCUT2D eigenvalue weighted by molar-refractivity contribution is -0.0304. The Kier molecular flexibility index (Phi) is 5.87. The summed E-state index contributed by atoms with van der Waals surface area (Å²) in [5.74, 6) is 1.41. The van der Waals surface area contributed by atoms with Gasteiger partial charge in [-0.3, -0.25) is 4.68 Å². The molecule has 4 radical (unpaired) electrons. The molecule has 3 aliphatic heterocycles. The molecule has 5 aromatic heterocycles. The highest BCUT2D eigenvalue weighted by Crippen LogP contribution is 2.41. The van der Waals surface area contributed by atoms with Crippen molar-refractivity contribution >= 4 is 27.0 Å². The number of nitrogens with zero attached hydrogens (tertiary/aromatic N) is 9. The van der Waals surface area contributed by atoms with Gasteiger partial charge in [0.2, 0.25) is 5.88 Å². The summed E-state index contributed by atoms with van der Waals surface area (Å²) < 4.78 is 8.68. The van der Waals surface area contributed by atoms with Crippen molar-refractivity contribution in [2.24, 2.45) is 7.05 Å². The maximum atomic E-state index is 9.73. The molecule has 3 saturated heterocycles. The first kappa shape index (κ1) is 25.4. The van der Waals surface area contributed by atoms with Crippen LogP contribution in [0.1, 0.15) is 17.5 Å². The molecule has 2 atom stereocenters. The van der Waals surface area contributed by atoms with Crippen LogP contribution in [0, 0.1) is 11.3 Å². The monoisotopic (exact) mass is 537 g/mol. The Morgan fingerprint density at radius 2 is 1.78 bits per heavy atom. The molecule has 0 aromatic carbocycles. The van der Waals surface area contributed by atoms with E-state index in [1.807, 2.05) is 44.0 Å². The Balaban J connectivity index is 1.14. The summed E-state index contributed by atoms with van der Waals surface area (Å²) >= 11 is 0. The van der Waals surface area contributed by atoms with E-state index in [1.54, 1.807) is 34.8 Å². The SMILES string of the molecule is [B]C([B])(c1ccc(OC)nc1)N1C2CC1CN(c1ccc(-c3cc(-c4cnn(C)c4)cn4ncc(C#N)c34)cn1)C2. The van der Waals surface area contributed by atoms with Crippen LogP contribution in [0.2, 0.25) is 0 Å². The first-order valence-corrected chi connectivity index (χ1v) is 13.3. The van der Waals surface area contributed by atoms with Crippen LogP contribution in [0.25, 0.3) is 27.8 Å². The van der Waals surface area contributed by atoms with Gasteiger partial charge < -0.3 is 14.5 Å². The second kappa shape index (κ2) is 9.49. The van der Waals surface area contributed by atoms with E-state index in [0.717, 1.165) is 58.7 Å². The minimum Gasteiger partial charge on any atom is -0.481 e. The molecular formula is C29H25B2N9O. The smallest absolute Gasteiger partial charge is 0.212 e. The lowest BCUT2D eigenvalue weighted by atomic mass is 9.54. The Bertz CT molecular complexity index is 1780. The van der Waals surface area contributed by atoms with E-state index in [0.29, 0.717) is 11.4 Å². The summed E-state index contributed by atoms with van der Waals surface area (Å²) in [6.07, 6.45) is 11.9. The van der Waals surface area contributed by atoms with E-state index in [-0.39, 0.29) is 12.1 Å². The molecule has 0 spiro atoms. The van der Waals surface area contributed by atoms with E-state index in [4.69, 9.17) is 25.4 Å². The highest BCUT2D eigenvalue weighted by molar-refractivity contribution is 6.39. The van der Waals surface area contributed by atoms with E-state index in [9.17, 15) is 5.26 Å². The van der Waals surface area contributed by atoms with Gasteiger partial charge in [0, 0.05) is 85.3 Å². The van der Waals surface area contributed by atoms with Crippen molar-refractivity contribution in [3.8, 4) is 34.2 Å². The molecule has 12 heteroatoms. The molecule has 0 aliphatic carbocycles. The Morgan fingerprint density at radius 3 is 2.41 bits per heavy atom. The van der Waals surface area contributed by atoms with E-state index >= 15 is 0 Å². The fourth-order valence-corrected chi connectivity index (χ4v) is 6.17. The third kappa shape index (κ3) is 4.16. The standard InChI is InChI=1S/C29H25B2N9O/c1-37-14-21(12-35-37)19-7-25(28-20(9-32)11-36-39(28)15-19)18-3-5-26(33-10-18)38-16-23-8-24(17-38)40(23)29(30,31)22-4-6-27(41-2)34-13-22/h3-7,10-15,23-24H,8,16-17H2,1-2H3. The molecule has 3 fully saturated rings. The first-order valence-electron chi connectivity index (χ1n) is 13.3. The Morgan fingerprint density at radius 1 is 0.951 bits per heavy atom. The predicted molar refractivity (Wildman–Crippen MR) is 156 cm³/mol. The molecule has 0 N–H and O–H groups in total. The van der Waals surface area contributed by atoms with Gasteiger partial charge in [0.25, 0.3) is 0 Å². The molecule has 10 nitrogen and oxygen atoms in total. The molecule has 8 heterocycles. The summed E-state index contributed by atoms with van der Waals surface area (Å²) in [5, 5.41) is 17.4. The topological polar surface area (TPSA) is 100 Å². The molecule has 0 amide bonds. The van der Waals surface area contributed by atoms with Gasteiger partial charge in [-0.1, -0.05) is 6.07 Å². The van der Waals surface area contributed by atoms with Crippen molar-refractivity contribution in [1.29, 1.82) is 5.26 Å². The third-order valence-corrected chi connectivity index (χ3v) is 8.18. The van der Waals surface area contributed by atoms with Crippen molar-refractivity contribution in [1.82, 2.24) is 34.3 Å². The zero-order chi connectivity index (χ0) is 28.3. The summed E-state index contributed by atoms with van der Waals surface area (Å²) in [6.45, 7) is 1.54. The quantitative estimate of drug-likeness (QED) is 0.305. The normalized spacial score (nSPS) is 18.7. The summed E-state index contributed by atoms with van der Waals surface area (Å²) in [5.41, 5.74) is 5.72. The number of rotatable bonds is 6. The molecule has 2 bridgehead atoms. The van der Waals surface area contributed by atoms with E-state index in [1.165, 1.54) is 0 Å². The minimum absolute atomic E-state index is 0.202. The van der Waals surface area contributed by atoms with Crippen LogP contribution in [0.4, 0.5) is 5.82 Å². The Hall–Kier alpha value is -4.62. The summed E-state index contributed by atoms with van der Waals surface area (Å²) in [7, 11) is 16.8. The van der Waals surface area contributed by atoms with Gasteiger partial charge in [0.15, 0.2) is 0 Å². The maximum absolute atomic E-state index is 9.73. The second-order valence-electron chi connectivity index (χ2n) is 10.7. The number of piperidine rings is 1. The fraction of sp³-hybridized carbons (Fsp3) is 0.276. The number of hydrogen-bond donors (Lipinski definition) is 0. The van der Waals surface area contributed by atoms with Crippen molar-refractivity contribution in [3.63, 3.8) is 0 Å². The van der Waals surface area contributed by atoms with Crippen LogP contribution in [0.5, 0.6) is 5.88 Å². The highest BCUT2D eigenvalue weighted by atomic mass is 16.5. The molecule has 41 heavy (non-hydrogen) atoms. The van der Waals surface area contributed by atoms with Crippen LogP contribution in [-0.2, 0) is 12.4 Å². The van der Waals surface area contributed by atoms with Gasteiger partial charge >= 0.3 is 0 Å². The number of ether oxygens (including phenoxy) is 1. The number of pyridine rings is 3. The number of fused-ring (bicyclic) bond motifs is 3. The highest BCUT2D eigenvalue weighted by Gasteiger charge is 2.50. The lowest BCUT2D eigenvalue weighted by Gasteiger charge is -2.63. The molecule has 198 valence electrons. The fourth-order valence-electron chi connectivity index (χ4n) is 6.17. The molecule has 8 rings (SSSR count). The molecule has 3 aliphatic rings. The van der Waals surface area contributed by atoms with Gasteiger partial charge in [0.05, 0.1) is 46.3 Å². The molecule has 5 aromatic rings. The number of methoxy groups -OCH3 is 1. The van der Waals surface area contributed by atoms with E-state index in [2.05, 4.69) is 43.2 Å². The van der Waals surface area contributed by atoms with Crippen LogP contribution >= 0.6 is 0 Å². The van der Waals surface area contributed by atoms with E-state index < -0.39 is 5.34 Å². The second-order valence-corrected chi connectivity index (χ2v) is 10.7.